The van der Waals surface area contributed by atoms with Gasteiger partial charge in [-0.1, -0.05) is 0 Å². The smallest absolute Gasteiger partial charge is 0.255 e. The van der Waals surface area contributed by atoms with E-state index >= 15 is 0 Å². The number of hydrogen-bond acceptors (Lipinski definition) is 4. The first-order chi connectivity index (χ1) is 8.49. The highest BCUT2D eigenvalue weighted by Gasteiger charge is 2.16. The molecule has 100 valence electrons. The number of benzene rings is 1. The number of nitrogens with one attached hydrogen (secondary N) is 1. The molecule has 0 aliphatic heterocycles. The number of alkyl halides is 2. The topological polar surface area (TPSA) is 73.6 Å². The summed E-state index contributed by atoms with van der Waals surface area (Å²) in [7, 11) is 2.79. The monoisotopic (exact) mass is 260 g/mol. The summed E-state index contributed by atoms with van der Waals surface area (Å²) in [4.78, 5) is 11.7. The second kappa shape index (κ2) is 6.04. The highest BCUT2D eigenvalue weighted by molar-refractivity contribution is 6.00. The molecule has 0 fully saturated rings. The number of rotatable bonds is 5. The van der Waals surface area contributed by atoms with Gasteiger partial charge in [0.25, 0.3) is 12.3 Å². The molecule has 0 atom stereocenters. The molecule has 0 heterocycles. The van der Waals surface area contributed by atoms with Crippen LogP contribution >= 0.6 is 0 Å². The van der Waals surface area contributed by atoms with Crippen LogP contribution in [0.1, 0.15) is 10.4 Å². The molecule has 18 heavy (non-hydrogen) atoms. The van der Waals surface area contributed by atoms with Crippen LogP contribution in [-0.4, -0.2) is 33.1 Å². The fourth-order valence-electron chi connectivity index (χ4n) is 1.34. The number of amides is 1. The van der Waals surface area contributed by atoms with Crippen molar-refractivity contribution >= 4 is 11.6 Å². The summed E-state index contributed by atoms with van der Waals surface area (Å²) >= 11 is 0. The third-order valence-electron chi connectivity index (χ3n) is 2.23. The summed E-state index contributed by atoms with van der Waals surface area (Å²) in [6.07, 6.45) is -2.62. The fraction of sp³-hybridized carbons (Fsp3) is 0.364. The van der Waals surface area contributed by atoms with E-state index in [9.17, 15) is 13.6 Å². The van der Waals surface area contributed by atoms with Crippen LogP contribution in [0.2, 0.25) is 0 Å². The number of nitrogen functional groups attached to an aromatic ring is 1. The lowest BCUT2D eigenvalue weighted by Crippen LogP contribution is -2.29. The summed E-state index contributed by atoms with van der Waals surface area (Å²) in [5, 5.41) is 2.06. The molecule has 0 aromatic heterocycles. The van der Waals surface area contributed by atoms with Crippen molar-refractivity contribution < 1.29 is 23.0 Å². The van der Waals surface area contributed by atoms with Crippen molar-refractivity contribution in [3.05, 3.63) is 17.7 Å². The maximum atomic E-state index is 12.0. The summed E-state index contributed by atoms with van der Waals surface area (Å²) < 4.78 is 33.9. The SMILES string of the molecule is COc1cc(OC)c(N)c(C(=O)NCC(F)F)c1. The highest BCUT2D eigenvalue weighted by atomic mass is 19.3. The average Bonchev–Trinajstić information content (AvgIpc) is 2.36. The Morgan fingerprint density at radius 3 is 2.56 bits per heavy atom. The second-order valence-electron chi connectivity index (χ2n) is 3.39. The van der Waals surface area contributed by atoms with Crippen LogP contribution in [0.25, 0.3) is 0 Å². The molecule has 5 nitrogen and oxygen atoms in total. The van der Waals surface area contributed by atoms with Crippen LogP contribution in [0, 0.1) is 0 Å². The molecule has 0 bridgehead atoms. The molecule has 1 amide bonds. The minimum absolute atomic E-state index is 0.0341. The number of carbonyl (C=O) groups is 1. The quantitative estimate of drug-likeness (QED) is 0.782. The van der Waals surface area contributed by atoms with Crippen molar-refractivity contribution in [2.45, 2.75) is 6.43 Å². The lowest BCUT2D eigenvalue weighted by Gasteiger charge is -2.12. The van der Waals surface area contributed by atoms with Gasteiger partial charge in [0.2, 0.25) is 0 Å². The van der Waals surface area contributed by atoms with Gasteiger partial charge in [-0.25, -0.2) is 8.78 Å². The van der Waals surface area contributed by atoms with Gasteiger partial charge in [-0.05, 0) is 6.07 Å². The van der Waals surface area contributed by atoms with E-state index in [1.54, 1.807) is 0 Å². The first-order valence-corrected chi connectivity index (χ1v) is 5.07. The van der Waals surface area contributed by atoms with Crippen molar-refractivity contribution in [3.63, 3.8) is 0 Å². The van der Waals surface area contributed by atoms with E-state index in [-0.39, 0.29) is 17.0 Å². The van der Waals surface area contributed by atoms with Gasteiger partial charge in [0.05, 0.1) is 32.0 Å². The van der Waals surface area contributed by atoms with Gasteiger partial charge in [-0.3, -0.25) is 4.79 Å². The zero-order chi connectivity index (χ0) is 13.7. The van der Waals surface area contributed by atoms with Crippen molar-refractivity contribution in [3.8, 4) is 11.5 Å². The van der Waals surface area contributed by atoms with Gasteiger partial charge >= 0.3 is 0 Å². The predicted molar refractivity (Wildman–Crippen MR) is 62.3 cm³/mol. The number of anilines is 1. The minimum atomic E-state index is -2.62. The second-order valence-corrected chi connectivity index (χ2v) is 3.39. The van der Waals surface area contributed by atoms with Crippen molar-refractivity contribution in [1.29, 1.82) is 0 Å². The maximum absolute atomic E-state index is 12.0. The molecular formula is C11H14F2N2O3. The number of halogens is 2. The van der Waals surface area contributed by atoms with Gasteiger partial charge in [-0.15, -0.1) is 0 Å². The van der Waals surface area contributed by atoms with E-state index in [4.69, 9.17) is 15.2 Å². The number of carbonyl (C=O) groups excluding carboxylic acids is 1. The lowest BCUT2D eigenvalue weighted by atomic mass is 10.1. The van der Waals surface area contributed by atoms with Gasteiger partial charge in [0.1, 0.15) is 11.5 Å². The maximum Gasteiger partial charge on any atom is 0.255 e. The zero-order valence-electron chi connectivity index (χ0n) is 10.00. The van der Waals surface area contributed by atoms with Crippen LogP contribution in [0.4, 0.5) is 14.5 Å². The number of hydrogen-bond donors (Lipinski definition) is 2. The van der Waals surface area contributed by atoms with Crippen LogP contribution in [0.3, 0.4) is 0 Å². The van der Waals surface area contributed by atoms with E-state index in [1.807, 2.05) is 0 Å². The van der Waals surface area contributed by atoms with Crippen molar-refractivity contribution in [2.75, 3.05) is 26.5 Å². The van der Waals surface area contributed by atoms with Gasteiger partial charge in [0, 0.05) is 6.07 Å². The molecule has 0 saturated carbocycles. The van der Waals surface area contributed by atoms with Crippen LogP contribution in [-0.2, 0) is 0 Å². The Hall–Kier alpha value is -2.05. The number of ether oxygens (including phenoxy) is 2. The fourth-order valence-corrected chi connectivity index (χ4v) is 1.34. The Balaban J connectivity index is 3.02. The van der Waals surface area contributed by atoms with E-state index in [1.165, 1.54) is 26.4 Å². The zero-order valence-corrected chi connectivity index (χ0v) is 10.00. The van der Waals surface area contributed by atoms with Crippen LogP contribution in [0.5, 0.6) is 11.5 Å². The molecule has 1 rings (SSSR count). The standard InChI is InChI=1S/C11H14F2N2O3/c1-17-6-3-7(10(14)8(4-6)18-2)11(16)15-5-9(12)13/h3-4,9H,5,14H2,1-2H3,(H,15,16). The molecule has 3 N–H and O–H groups in total. The van der Waals surface area contributed by atoms with Crippen LogP contribution in [0.15, 0.2) is 12.1 Å². The molecule has 0 aliphatic rings. The predicted octanol–water partition coefficient (Wildman–Crippen LogP) is 1.28. The van der Waals surface area contributed by atoms with Gasteiger partial charge in [-0.2, -0.15) is 0 Å². The number of methoxy groups -OCH3 is 2. The summed E-state index contributed by atoms with van der Waals surface area (Å²) in [5.74, 6) is -0.107. The summed E-state index contributed by atoms with van der Waals surface area (Å²) in [5.41, 5.74) is 5.80. The Morgan fingerprint density at radius 1 is 1.39 bits per heavy atom. The molecule has 1 aromatic rings. The van der Waals surface area contributed by atoms with E-state index < -0.39 is 18.9 Å². The Bertz CT molecular complexity index is 439. The molecule has 0 unspecified atom stereocenters. The Morgan fingerprint density at radius 2 is 2.06 bits per heavy atom. The van der Waals surface area contributed by atoms with Gasteiger partial charge in [0.15, 0.2) is 0 Å². The molecule has 0 saturated heterocycles. The molecular weight excluding hydrogens is 246 g/mol. The molecule has 0 aliphatic carbocycles. The summed E-state index contributed by atoms with van der Waals surface area (Å²) in [6.45, 7) is -0.738. The molecule has 7 heteroatoms. The Kier molecular flexibility index (Phi) is 4.70. The van der Waals surface area contributed by atoms with E-state index in [0.29, 0.717) is 5.75 Å². The molecule has 1 aromatic carbocycles. The normalized spacial score (nSPS) is 10.3. The third-order valence-corrected chi connectivity index (χ3v) is 2.23. The number of nitrogens with two attached hydrogens (primary N) is 1. The average molecular weight is 260 g/mol. The van der Waals surface area contributed by atoms with Crippen molar-refractivity contribution in [1.82, 2.24) is 5.32 Å². The Labute approximate surface area is 103 Å². The first kappa shape index (κ1) is 14.0. The minimum Gasteiger partial charge on any atom is -0.497 e. The highest BCUT2D eigenvalue weighted by Crippen LogP contribution is 2.30. The van der Waals surface area contributed by atoms with Gasteiger partial charge < -0.3 is 20.5 Å². The first-order valence-electron chi connectivity index (χ1n) is 5.07. The molecule has 0 spiro atoms. The van der Waals surface area contributed by atoms with Crippen molar-refractivity contribution in [2.24, 2.45) is 0 Å². The third kappa shape index (κ3) is 3.22. The molecule has 0 radical (unpaired) electrons. The largest absolute Gasteiger partial charge is 0.497 e. The van der Waals surface area contributed by atoms with E-state index in [0.717, 1.165) is 0 Å². The van der Waals surface area contributed by atoms with Crippen LogP contribution < -0.4 is 20.5 Å². The van der Waals surface area contributed by atoms with E-state index in [2.05, 4.69) is 5.32 Å². The lowest BCUT2D eigenvalue weighted by molar-refractivity contribution is 0.0892. The summed E-state index contributed by atoms with van der Waals surface area (Å²) in [6, 6.07) is 2.86.